The van der Waals surface area contributed by atoms with Crippen LogP contribution in [0.2, 0.25) is 5.02 Å². The van der Waals surface area contributed by atoms with Gasteiger partial charge in [-0.15, -0.1) is 0 Å². The fraction of sp³-hybridized carbons (Fsp3) is 0.350. The van der Waals surface area contributed by atoms with E-state index in [1.807, 2.05) is 4.90 Å². The average molecular weight is 442 g/mol. The Balaban J connectivity index is 1.17. The molecule has 4 heterocycles. The van der Waals surface area contributed by atoms with E-state index in [9.17, 15) is 9.18 Å². The first kappa shape index (κ1) is 18.5. The van der Waals surface area contributed by atoms with Crippen molar-refractivity contribution in [1.82, 2.24) is 29.2 Å². The van der Waals surface area contributed by atoms with Crippen LogP contribution in [0.5, 0.6) is 0 Å². The Hall–Kier alpha value is -3.27. The molecule has 31 heavy (non-hydrogen) atoms. The highest BCUT2D eigenvalue weighted by atomic mass is 35.5. The van der Waals surface area contributed by atoms with Gasteiger partial charge in [-0.3, -0.25) is 9.36 Å². The largest absolute Gasteiger partial charge is 0.369 e. The van der Waals surface area contributed by atoms with Crippen LogP contribution >= 0.6 is 11.6 Å². The molecule has 1 aromatic carbocycles. The Kier molecular flexibility index (Phi) is 3.95. The van der Waals surface area contributed by atoms with E-state index in [1.165, 1.54) is 17.0 Å². The summed E-state index contributed by atoms with van der Waals surface area (Å²) in [6.45, 7) is 1.58. The molecular weight excluding hydrogens is 425 g/mol. The van der Waals surface area contributed by atoms with Crippen molar-refractivity contribution in [2.75, 3.05) is 18.0 Å². The maximum atomic E-state index is 14.1. The third kappa shape index (κ3) is 2.93. The molecule has 11 heteroatoms. The van der Waals surface area contributed by atoms with Gasteiger partial charge in [-0.1, -0.05) is 16.8 Å². The molecule has 0 amide bonds. The number of anilines is 1. The molecule has 0 spiro atoms. The van der Waals surface area contributed by atoms with E-state index in [-0.39, 0.29) is 23.8 Å². The summed E-state index contributed by atoms with van der Waals surface area (Å²) in [7, 11) is 1.75. The van der Waals surface area contributed by atoms with Gasteiger partial charge >= 0.3 is 0 Å². The first-order chi connectivity index (χ1) is 15.0. The summed E-state index contributed by atoms with van der Waals surface area (Å²) < 4.78 is 22.6. The number of aromatic nitrogens is 6. The van der Waals surface area contributed by atoms with Gasteiger partial charge in [0.1, 0.15) is 18.7 Å². The number of rotatable bonds is 4. The molecule has 1 saturated heterocycles. The molecule has 1 saturated carbocycles. The first-order valence-electron chi connectivity index (χ1n) is 9.88. The van der Waals surface area contributed by atoms with Gasteiger partial charge in [0.2, 0.25) is 5.89 Å². The zero-order chi connectivity index (χ0) is 21.3. The summed E-state index contributed by atoms with van der Waals surface area (Å²) in [5.41, 5.74) is 1.14. The van der Waals surface area contributed by atoms with E-state index in [2.05, 4.69) is 20.1 Å². The molecule has 158 valence electrons. The van der Waals surface area contributed by atoms with Crippen LogP contribution in [0.4, 0.5) is 10.1 Å². The summed E-state index contributed by atoms with van der Waals surface area (Å²) in [6.07, 6.45) is 2.99. The van der Waals surface area contributed by atoms with Crippen molar-refractivity contribution in [2.24, 2.45) is 18.9 Å². The Morgan fingerprint density at radius 2 is 2.00 bits per heavy atom. The third-order valence-corrected chi connectivity index (χ3v) is 6.47. The second-order valence-electron chi connectivity index (χ2n) is 8.11. The summed E-state index contributed by atoms with van der Waals surface area (Å²) in [4.78, 5) is 27.5. The lowest BCUT2D eigenvalue weighted by Crippen LogP contribution is -2.24. The molecule has 6 rings (SSSR count). The lowest BCUT2D eigenvalue weighted by Gasteiger charge is -2.22. The molecule has 0 bridgehead atoms. The predicted octanol–water partition coefficient (Wildman–Crippen LogP) is 2.20. The number of imidazole rings is 1. The molecule has 2 atom stereocenters. The molecular formula is C20H17ClFN7O2. The number of halogens is 2. The van der Waals surface area contributed by atoms with Crippen LogP contribution in [0.15, 0.2) is 40.2 Å². The van der Waals surface area contributed by atoms with E-state index in [0.29, 0.717) is 45.4 Å². The minimum Gasteiger partial charge on any atom is -0.369 e. The molecule has 1 aliphatic carbocycles. The van der Waals surface area contributed by atoms with Gasteiger partial charge in [-0.2, -0.15) is 4.98 Å². The highest BCUT2D eigenvalue weighted by Crippen LogP contribution is 2.58. The maximum absolute atomic E-state index is 14.1. The lowest BCUT2D eigenvalue weighted by atomic mass is 10.2. The standard InChI is InChI=1S/C20H17ClFN7O2/c1-27-8-23-19-17(27)20(30)29(9-24-19)7-15-25-18(26-31-15)16-11-5-28(6-12(11)16)14-4-10(21)2-3-13(14)22/h2-4,8-9,11-12,16H,5-7H2,1H3. The van der Waals surface area contributed by atoms with Crippen molar-refractivity contribution in [3.8, 4) is 0 Å². The first-order valence-corrected chi connectivity index (χ1v) is 10.3. The summed E-state index contributed by atoms with van der Waals surface area (Å²) in [5.74, 6) is 1.60. The van der Waals surface area contributed by atoms with E-state index in [0.717, 1.165) is 13.1 Å². The SMILES string of the molecule is Cn1cnc2ncn(Cc3nc(C4C5CN(c6cc(Cl)ccc6F)CC54)no3)c(=O)c21. The molecule has 2 unspecified atom stereocenters. The van der Waals surface area contributed by atoms with E-state index in [4.69, 9.17) is 16.1 Å². The van der Waals surface area contributed by atoms with E-state index in [1.54, 1.807) is 30.1 Å². The topological polar surface area (TPSA) is 94.9 Å². The normalized spacial score (nSPS) is 22.3. The molecule has 4 aromatic rings. The summed E-state index contributed by atoms with van der Waals surface area (Å²) >= 11 is 6.02. The molecule has 1 aliphatic heterocycles. The molecule has 3 aromatic heterocycles. The number of nitrogens with zero attached hydrogens (tertiary/aromatic N) is 7. The quantitative estimate of drug-likeness (QED) is 0.479. The van der Waals surface area contributed by atoms with E-state index >= 15 is 0 Å². The summed E-state index contributed by atoms with van der Waals surface area (Å²) in [6, 6.07) is 4.60. The summed E-state index contributed by atoms with van der Waals surface area (Å²) in [5, 5.41) is 4.65. The van der Waals surface area contributed by atoms with Crippen molar-refractivity contribution in [3.05, 3.63) is 63.8 Å². The fourth-order valence-corrected chi connectivity index (χ4v) is 4.80. The molecule has 9 nitrogen and oxygen atoms in total. The number of aryl methyl sites for hydroxylation is 1. The van der Waals surface area contributed by atoms with Crippen LogP contribution in [-0.2, 0) is 13.6 Å². The molecule has 2 aliphatic rings. The van der Waals surface area contributed by atoms with Crippen LogP contribution in [0.3, 0.4) is 0 Å². The van der Waals surface area contributed by atoms with Crippen molar-refractivity contribution in [1.29, 1.82) is 0 Å². The second-order valence-corrected chi connectivity index (χ2v) is 8.54. The molecule has 2 fully saturated rings. The Morgan fingerprint density at radius 1 is 1.23 bits per heavy atom. The van der Waals surface area contributed by atoms with Crippen molar-refractivity contribution in [3.63, 3.8) is 0 Å². The van der Waals surface area contributed by atoms with E-state index < -0.39 is 0 Å². The molecule has 0 radical (unpaired) electrons. The van der Waals surface area contributed by atoms with Gasteiger partial charge in [0.15, 0.2) is 17.0 Å². The highest BCUT2D eigenvalue weighted by Gasteiger charge is 2.58. The minimum absolute atomic E-state index is 0.141. The van der Waals surface area contributed by atoms with Crippen molar-refractivity contribution >= 4 is 28.5 Å². The van der Waals surface area contributed by atoms with Crippen LogP contribution in [0.1, 0.15) is 17.6 Å². The maximum Gasteiger partial charge on any atom is 0.280 e. The second kappa shape index (κ2) is 6.61. The molecule has 0 N–H and O–H groups in total. The zero-order valence-electron chi connectivity index (χ0n) is 16.4. The zero-order valence-corrected chi connectivity index (χ0v) is 17.2. The van der Waals surface area contributed by atoms with Crippen LogP contribution < -0.4 is 10.5 Å². The fourth-order valence-electron chi connectivity index (χ4n) is 4.63. The number of benzene rings is 1. The lowest BCUT2D eigenvalue weighted by molar-refractivity contribution is 0.363. The number of hydrogen-bond donors (Lipinski definition) is 0. The predicted molar refractivity (Wildman–Crippen MR) is 110 cm³/mol. The third-order valence-electron chi connectivity index (χ3n) is 6.23. The highest BCUT2D eigenvalue weighted by molar-refractivity contribution is 6.30. The smallest absolute Gasteiger partial charge is 0.280 e. The monoisotopic (exact) mass is 441 g/mol. The number of piperidine rings is 1. The van der Waals surface area contributed by atoms with Gasteiger partial charge < -0.3 is 14.0 Å². The Morgan fingerprint density at radius 3 is 2.81 bits per heavy atom. The van der Waals surface area contributed by atoms with Crippen molar-refractivity contribution < 1.29 is 8.91 Å². The van der Waals surface area contributed by atoms with Gasteiger partial charge in [0, 0.05) is 31.1 Å². The van der Waals surface area contributed by atoms with Crippen molar-refractivity contribution in [2.45, 2.75) is 12.5 Å². The van der Waals surface area contributed by atoms with Gasteiger partial charge in [0.05, 0.1) is 12.0 Å². The number of hydrogen-bond acceptors (Lipinski definition) is 7. The van der Waals surface area contributed by atoms with Crippen LogP contribution in [0, 0.1) is 17.7 Å². The van der Waals surface area contributed by atoms with Gasteiger partial charge in [0.25, 0.3) is 5.56 Å². The van der Waals surface area contributed by atoms with Crippen LogP contribution in [0.25, 0.3) is 11.2 Å². The number of fused-ring (bicyclic) bond motifs is 2. The van der Waals surface area contributed by atoms with Gasteiger partial charge in [-0.05, 0) is 30.0 Å². The average Bonchev–Trinajstić information content (AvgIpc) is 3.18. The Bertz CT molecular complexity index is 1370. The van der Waals surface area contributed by atoms with Crippen LogP contribution in [-0.4, -0.2) is 42.3 Å². The minimum atomic E-state index is -0.270. The Labute approximate surface area is 180 Å². The van der Waals surface area contributed by atoms with Gasteiger partial charge in [-0.25, -0.2) is 14.4 Å².